The van der Waals surface area contributed by atoms with Crippen molar-refractivity contribution in [2.24, 2.45) is 0 Å². The van der Waals surface area contributed by atoms with Gasteiger partial charge < -0.3 is 14.5 Å². The van der Waals surface area contributed by atoms with Crippen LogP contribution in [0.4, 0.5) is 0 Å². The molecular weight excluding hydrogens is 302 g/mol. The Labute approximate surface area is 141 Å². The number of amides is 1. The van der Waals surface area contributed by atoms with Crippen molar-refractivity contribution in [3.63, 3.8) is 0 Å². The Hall–Kier alpha value is -2.82. The molecule has 124 valence electrons. The zero-order valence-corrected chi connectivity index (χ0v) is 14.0. The Bertz CT molecular complexity index is 855. The number of hydrogen-bond donors (Lipinski definition) is 1. The minimum Gasteiger partial charge on any atom is -0.496 e. The van der Waals surface area contributed by atoms with E-state index < -0.39 is 0 Å². The number of aryl methyl sites for hydroxylation is 2. The highest BCUT2D eigenvalue weighted by Crippen LogP contribution is 2.17. The second-order valence-corrected chi connectivity index (χ2v) is 5.66. The molecular formula is C19H21N3O2. The summed E-state index contributed by atoms with van der Waals surface area (Å²) in [5, 5.41) is 2.96. The third-order valence-electron chi connectivity index (χ3n) is 4.09. The van der Waals surface area contributed by atoms with Crippen LogP contribution in [0.15, 0.2) is 48.7 Å². The topological polar surface area (TPSA) is 55.6 Å². The third-order valence-corrected chi connectivity index (χ3v) is 4.09. The molecule has 0 fully saturated rings. The minimum atomic E-state index is 0.0196. The number of aromatic nitrogens is 2. The van der Waals surface area contributed by atoms with Crippen molar-refractivity contribution in [3.8, 4) is 5.75 Å². The fraction of sp³-hybridized carbons (Fsp3) is 0.263. The number of imidazole rings is 1. The van der Waals surface area contributed by atoms with E-state index in [0.29, 0.717) is 19.4 Å². The number of pyridine rings is 1. The number of benzene rings is 1. The molecule has 0 aliphatic heterocycles. The predicted octanol–water partition coefficient (Wildman–Crippen LogP) is 2.90. The van der Waals surface area contributed by atoms with E-state index in [0.717, 1.165) is 28.3 Å². The largest absolute Gasteiger partial charge is 0.496 e. The molecule has 0 atom stereocenters. The molecule has 2 heterocycles. The summed E-state index contributed by atoms with van der Waals surface area (Å²) in [6.07, 6.45) is 3.07. The SMILES string of the molecule is COc1ccccc1CNC(=O)CCc1c(C)nc2ccccn12. The molecule has 0 saturated carbocycles. The minimum absolute atomic E-state index is 0.0196. The number of ether oxygens (including phenoxy) is 1. The van der Waals surface area contributed by atoms with Gasteiger partial charge in [-0.25, -0.2) is 4.98 Å². The van der Waals surface area contributed by atoms with Crippen molar-refractivity contribution in [2.45, 2.75) is 26.3 Å². The zero-order chi connectivity index (χ0) is 16.9. The van der Waals surface area contributed by atoms with Crippen LogP contribution in [0.25, 0.3) is 5.65 Å². The van der Waals surface area contributed by atoms with Crippen LogP contribution in [0, 0.1) is 6.92 Å². The average molecular weight is 323 g/mol. The number of fused-ring (bicyclic) bond motifs is 1. The van der Waals surface area contributed by atoms with Gasteiger partial charge in [0.25, 0.3) is 0 Å². The second kappa shape index (κ2) is 7.17. The van der Waals surface area contributed by atoms with Gasteiger partial charge in [0.15, 0.2) is 0 Å². The number of nitrogens with one attached hydrogen (secondary N) is 1. The molecule has 0 spiro atoms. The molecule has 1 N–H and O–H groups in total. The van der Waals surface area contributed by atoms with Crippen LogP contribution < -0.4 is 10.1 Å². The predicted molar refractivity (Wildman–Crippen MR) is 93.1 cm³/mol. The van der Waals surface area contributed by atoms with Crippen molar-refractivity contribution in [3.05, 3.63) is 65.6 Å². The van der Waals surface area contributed by atoms with E-state index in [1.807, 2.05) is 60.0 Å². The number of carbonyl (C=O) groups excluding carboxylic acids is 1. The van der Waals surface area contributed by atoms with E-state index in [1.54, 1.807) is 7.11 Å². The Morgan fingerprint density at radius 1 is 1.21 bits per heavy atom. The van der Waals surface area contributed by atoms with E-state index in [4.69, 9.17) is 4.74 Å². The molecule has 2 aromatic heterocycles. The zero-order valence-electron chi connectivity index (χ0n) is 14.0. The Morgan fingerprint density at radius 3 is 2.83 bits per heavy atom. The summed E-state index contributed by atoms with van der Waals surface area (Å²) in [6.45, 7) is 2.45. The summed E-state index contributed by atoms with van der Waals surface area (Å²) < 4.78 is 7.34. The van der Waals surface area contributed by atoms with E-state index in [2.05, 4.69) is 10.3 Å². The molecule has 0 aliphatic carbocycles. The molecule has 1 amide bonds. The smallest absolute Gasteiger partial charge is 0.220 e. The van der Waals surface area contributed by atoms with Gasteiger partial charge in [-0.1, -0.05) is 24.3 Å². The van der Waals surface area contributed by atoms with Crippen molar-refractivity contribution < 1.29 is 9.53 Å². The standard InChI is InChI=1S/C19H21N3O2/c1-14-16(22-12-6-5-9-18(22)21-14)10-11-19(23)20-13-15-7-3-4-8-17(15)24-2/h3-9,12H,10-11,13H2,1-2H3,(H,20,23). The lowest BCUT2D eigenvalue weighted by Crippen LogP contribution is -2.23. The molecule has 0 unspecified atom stereocenters. The lowest BCUT2D eigenvalue weighted by Gasteiger charge is -2.09. The number of para-hydroxylation sites is 1. The molecule has 3 aromatic rings. The lowest BCUT2D eigenvalue weighted by atomic mass is 10.1. The van der Waals surface area contributed by atoms with Crippen molar-refractivity contribution in [1.82, 2.24) is 14.7 Å². The lowest BCUT2D eigenvalue weighted by molar-refractivity contribution is -0.121. The molecule has 1 aromatic carbocycles. The van der Waals surface area contributed by atoms with Crippen LogP contribution >= 0.6 is 0 Å². The molecule has 0 bridgehead atoms. The summed E-state index contributed by atoms with van der Waals surface area (Å²) in [5.41, 5.74) is 3.94. The molecule has 3 rings (SSSR count). The first-order valence-corrected chi connectivity index (χ1v) is 8.00. The third kappa shape index (κ3) is 3.40. The number of hydrogen-bond acceptors (Lipinski definition) is 3. The summed E-state index contributed by atoms with van der Waals surface area (Å²) in [4.78, 5) is 16.7. The number of methoxy groups -OCH3 is 1. The van der Waals surface area contributed by atoms with Gasteiger partial charge in [0, 0.05) is 30.4 Å². The van der Waals surface area contributed by atoms with E-state index in [1.165, 1.54) is 0 Å². The van der Waals surface area contributed by atoms with E-state index in [9.17, 15) is 4.79 Å². The highest BCUT2D eigenvalue weighted by Gasteiger charge is 2.11. The van der Waals surface area contributed by atoms with Gasteiger partial charge in [-0.15, -0.1) is 0 Å². The van der Waals surface area contributed by atoms with E-state index in [-0.39, 0.29) is 5.91 Å². The molecule has 5 nitrogen and oxygen atoms in total. The quantitative estimate of drug-likeness (QED) is 0.759. The van der Waals surface area contributed by atoms with Gasteiger partial charge in [-0.05, 0) is 31.5 Å². The first-order chi connectivity index (χ1) is 11.7. The molecule has 0 radical (unpaired) electrons. The van der Waals surface area contributed by atoms with Crippen LogP contribution in [0.2, 0.25) is 0 Å². The summed E-state index contributed by atoms with van der Waals surface area (Å²) in [6, 6.07) is 13.6. The summed E-state index contributed by atoms with van der Waals surface area (Å²) in [5.74, 6) is 0.807. The maximum absolute atomic E-state index is 12.2. The van der Waals surface area contributed by atoms with Crippen LogP contribution in [0.1, 0.15) is 23.4 Å². The molecule has 0 aliphatic rings. The van der Waals surface area contributed by atoms with Gasteiger partial charge in [0.05, 0.1) is 12.8 Å². The van der Waals surface area contributed by atoms with E-state index >= 15 is 0 Å². The second-order valence-electron chi connectivity index (χ2n) is 5.66. The van der Waals surface area contributed by atoms with Crippen LogP contribution in [0.5, 0.6) is 5.75 Å². The number of rotatable bonds is 6. The highest BCUT2D eigenvalue weighted by atomic mass is 16.5. The maximum atomic E-state index is 12.2. The number of carbonyl (C=O) groups is 1. The van der Waals surface area contributed by atoms with Gasteiger partial charge in [-0.3, -0.25) is 4.79 Å². The first-order valence-electron chi connectivity index (χ1n) is 8.00. The first kappa shape index (κ1) is 16.1. The Morgan fingerprint density at radius 2 is 2.00 bits per heavy atom. The van der Waals surface area contributed by atoms with Crippen LogP contribution in [-0.2, 0) is 17.8 Å². The molecule has 24 heavy (non-hydrogen) atoms. The fourth-order valence-electron chi connectivity index (χ4n) is 2.83. The normalized spacial score (nSPS) is 10.8. The Balaban J connectivity index is 1.60. The van der Waals surface area contributed by atoms with Gasteiger partial charge in [0.1, 0.15) is 11.4 Å². The monoisotopic (exact) mass is 323 g/mol. The summed E-state index contributed by atoms with van der Waals surface area (Å²) >= 11 is 0. The average Bonchev–Trinajstić information content (AvgIpc) is 2.93. The van der Waals surface area contributed by atoms with Crippen molar-refractivity contribution >= 4 is 11.6 Å². The van der Waals surface area contributed by atoms with Crippen molar-refractivity contribution in [1.29, 1.82) is 0 Å². The van der Waals surface area contributed by atoms with Gasteiger partial charge in [-0.2, -0.15) is 0 Å². The highest BCUT2D eigenvalue weighted by molar-refractivity contribution is 5.76. The van der Waals surface area contributed by atoms with Crippen LogP contribution in [0.3, 0.4) is 0 Å². The Kier molecular flexibility index (Phi) is 4.79. The van der Waals surface area contributed by atoms with Gasteiger partial charge >= 0.3 is 0 Å². The fourth-order valence-corrected chi connectivity index (χ4v) is 2.83. The summed E-state index contributed by atoms with van der Waals surface area (Å²) in [7, 11) is 1.63. The van der Waals surface area contributed by atoms with Crippen LogP contribution in [-0.4, -0.2) is 22.4 Å². The number of nitrogens with zero attached hydrogens (tertiary/aromatic N) is 2. The van der Waals surface area contributed by atoms with Gasteiger partial charge in [0.2, 0.25) is 5.91 Å². The molecule has 5 heteroatoms. The van der Waals surface area contributed by atoms with Crippen molar-refractivity contribution in [2.75, 3.05) is 7.11 Å². The maximum Gasteiger partial charge on any atom is 0.220 e. The molecule has 0 saturated heterocycles.